The van der Waals surface area contributed by atoms with Crippen LogP contribution in [0.4, 0.5) is 13.2 Å². The van der Waals surface area contributed by atoms with Crippen LogP contribution in [0.2, 0.25) is 0 Å². The summed E-state index contributed by atoms with van der Waals surface area (Å²) in [6, 6.07) is 0. The van der Waals surface area contributed by atoms with E-state index in [1.54, 1.807) is 0 Å². The van der Waals surface area contributed by atoms with Crippen LogP contribution in [0.5, 0.6) is 0 Å². The minimum Gasteiger partial charge on any atom is -0.393 e. The van der Waals surface area contributed by atoms with Crippen LogP contribution in [0.1, 0.15) is 51.4 Å². The summed E-state index contributed by atoms with van der Waals surface area (Å²) in [5, 5.41) is 12.5. The van der Waals surface area contributed by atoms with Crippen molar-refractivity contribution in [2.75, 3.05) is 6.54 Å². The van der Waals surface area contributed by atoms with E-state index in [0.29, 0.717) is 25.8 Å². The average Bonchev–Trinajstić information content (AvgIpc) is 2.45. The van der Waals surface area contributed by atoms with Crippen molar-refractivity contribution in [3.8, 4) is 0 Å². The van der Waals surface area contributed by atoms with Crippen molar-refractivity contribution in [2.24, 2.45) is 17.8 Å². The first-order valence-electron chi connectivity index (χ1n) is 7.92. The fraction of sp³-hybridized carbons (Fsp3) is 0.933. The Morgan fingerprint density at radius 3 is 2.33 bits per heavy atom. The lowest BCUT2D eigenvalue weighted by Gasteiger charge is -2.33. The van der Waals surface area contributed by atoms with Crippen molar-refractivity contribution >= 4 is 5.91 Å². The highest BCUT2D eigenvalue weighted by Crippen LogP contribution is 2.41. The van der Waals surface area contributed by atoms with Crippen molar-refractivity contribution < 1.29 is 23.1 Å². The third-order valence-electron chi connectivity index (χ3n) is 4.93. The molecule has 0 radical (unpaired) electrons. The number of nitrogens with one attached hydrogen (secondary N) is 1. The molecule has 0 bridgehead atoms. The van der Waals surface area contributed by atoms with Gasteiger partial charge in [0.15, 0.2) is 0 Å². The smallest absolute Gasteiger partial charge is 0.392 e. The standard InChI is InChI=1S/C15H24F3NO2/c16-15(17,18)12-7-3-2-6-11(12)14(21)19-9-10-5-1-4-8-13(10)20/h10-13,20H,1-9H2,(H,19,21). The number of halogens is 3. The molecule has 0 aromatic heterocycles. The maximum absolute atomic E-state index is 13.0. The lowest BCUT2D eigenvalue weighted by Crippen LogP contribution is -2.45. The molecule has 0 aromatic rings. The molecular weight excluding hydrogens is 283 g/mol. The Kier molecular flexibility index (Phi) is 5.52. The van der Waals surface area contributed by atoms with Gasteiger partial charge in [0.25, 0.3) is 0 Å². The number of carbonyl (C=O) groups excluding carboxylic acids is 1. The largest absolute Gasteiger partial charge is 0.393 e. The second-order valence-corrected chi connectivity index (χ2v) is 6.40. The van der Waals surface area contributed by atoms with E-state index < -0.39 is 30.0 Å². The Labute approximate surface area is 123 Å². The van der Waals surface area contributed by atoms with Gasteiger partial charge in [0.05, 0.1) is 12.0 Å². The predicted molar refractivity (Wildman–Crippen MR) is 72.5 cm³/mol. The van der Waals surface area contributed by atoms with Crippen molar-refractivity contribution in [2.45, 2.75) is 63.6 Å². The molecule has 0 heterocycles. The molecule has 2 rings (SSSR count). The van der Waals surface area contributed by atoms with E-state index >= 15 is 0 Å². The summed E-state index contributed by atoms with van der Waals surface area (Å²) >= 11 is 0. The van der Waals surface area contributed by atoms with Gasteiger partial charge >= 0.3 is 6.18 Å². The molecule has 6 heteroatoms. The zero-order chi connectivity index (χ0) is 15.5. The van der Waals surface area contributed by atoms with Crippen LogP contribution < -0.4 is 5.32 Å². The SMILES string of the molecule is O=C(NCC1CCCCC1O)C1CCCCC1C(F)(F)F. The van der Waals surface area contributed by atoms with Crippen LogP contribution in [-0.4, -0.2) is 29.8 Å². The van der Waals surface area contributed by atoms with Crippen LogP contribution in [-0.2, 0) is 4.79 Å². The van der Waals surface area contributed by atoms with Gasteiger partial charge in [-0.05, 0) is 25.7 Å². The zero-order valence-corrected chi connectivity index (χ0v) is 12.2. The molecule has 3 nitrogen and oxygen atoms in total. The number of aliphatic hydroxyl groups excluding tert-OH is 1. The van der Waals surface area contributed by atoms with Crippen LogP contribution in [0.3, 0.4) is 0 Å². The average molecular weight is 307 g/mol. The van der Waals surface area contributed by atoms with Crippen LogP contribution in [0.15, 0.2) is 0 Å². The molecule has 2 fully saturated rings. The molecule has 1 amide bonds. The van der Waals surface area contributed by atoms with Crippen molar-refractivity contribution in [3.05, 3.63) is 0 Å². The Morgan fingerprint density at radius 2 is 1.67 bits per heavy atom. The third-order valence-corrected chi connectivity index (χ3v) is 4.93. The molecule has 2 saturated carbocycles. The lowest BCUT2D eigenvalue weighted by atomic mass is 9.78. The molecule has 0 saturated heterocycles. The van der Waals surface area contributed by atoms with Crippen molar-refractivity contribution in [1.82, 2.24) is 5.32 Å². The molecule has 2 aliphatic carbocycles. The molecular formula is C15H24F3NO2. The fourth-order valence-electron chi connectivity index (χ4n) is 3.63. The molecule has 2 N–H and O–H groups in total. The molecule has 0 spiro atoms. The van der Waals surface area contributed by atoms with E-state index in [2.05, 4.69) is 5.32 Å². The summed E-state index contributed by atoms with van der Waals surface area (Å²) in [4.78, 5) is 12.1. The highest BCUT2D eigenvalue weighted by Gasteiger charge is 2.48. The Bertz CT molecular complexity index is 359. The quantitative estimate of drug-likeness (QED) is 0.842. The molecule has 0 aromatic carbocycles. The summed E-state index contributed by atoms with van der Waals surface area (Å²) in [5.41, 5.74) is 0. The van der Waals surface area contributed by atoms with Crippen molar-refractivity contribution in [1.29, 1.82) is 0 Å². The van der Waals surface area contributed by atoms with Gasteiger partial charge < -0.3 is 10.4 Å². The molecule has 4 unspecified atom stereocenters. The number of carbonyl (C=O) groups is 1. The van der Waals surface area contributed by atoms with Gasteiger partial charge in [0, 0.05) is 18.4 Å². The minimum atomic E-state index is -4.30. The van der Waals surface area contributed by atoms with E-state index in [1.807, 2.05) is 0 Å². The summed E-state index contributed by atoms with van der Waals surface area (Å²) in [6.45, 7) is 0.293. The number of amides is 1. The molecule has 2 aliphatic rings. The van der Waals surface area contributed by atoms with Gasteiger partial charge in [0.1, 0.15) is 0 Å². The number of hydrogen-bond donors (Lipinski definition) is 2. The number of rotatable bonds is 3. The monoisotopic (exact) mass is 307 g/mol. The zero-order valence-electron chi connectivity index (χ0n) is 12.2. The predicted octanol–water partition coefficient (Wildman–Crippen LogP) is 3.02. The summed E-state index contributed by atoms with van der Waals surface area (Å²) in [5.74, 6) is -2.98. The fourth-order valence-corrected chi connectivity index (χ4v) is 3.63. The van der Waals surface area contributed by atoms with Gasteiger partial charge in [0.2, 0.25) is 5.91 Å². The van der Waals surface area contributed by atoms with Crippen LogP contribution in [0.25, 0.3) is 0 Å². The molecule has 4 atom stereocenters. The second kappa shape index (κ2) is 6.99. The maximum atomic E-state index is 13.0. The first-order chi connectivity index (χ1) is 9.89. The van der Waals surface area contributed by atoms with E-state index in [-0.39, 0.29) is 12.3 Å². The summed E-state index contributed by atoms with van der Waals surface area (Å²) in [7, 11) is 0. The van der Waals surface area contributed by atoms with Crippen LogP contribution >= 0.6 is 0 Å². The Hall–Kier alpha value is -0.780. The van der Waals surface area contributed by atoms with Gasteiger partial charge in [-0.3, -0.25) is 4.79 Å². The molecule has 0 aliphatic heterocycles. The van der Waals surface area contributed by atoms with E-state index in [4.69, 9.17) is 0 Å². The summed E-state index contributed by atoms with van der Waals surface area (Å²) < 4.78 is 39.0. The van der Waals surface area contributed by atoms with Crippen molar-refractivity contribution in [3.63, 3.8) is 0 Å². The van der Waals surface area contributed by atoms with E-state index in [9.17, 15) is 23.1 Å². The Morgan fingerprint density at radius 1 is 1.05 bits per heavy atom. The first-order valence-corrected chi connectivity index (χ1v) is 7.92. The third kappa shape index (κ3) is 4.34. The highest BCUT2D eigenvalue weighted by molar-refractivity contribution is 5.79. The lowest BCUT2D eigenvalue weighted by molar-refractivity contribution is -0.198. The molecule has 122 valence electrons. The normalized spacial score (nSPS) is 34.5. The first kappa shape index (κ1) is 16.6. The Balaban J connectivity index is 1.88. The minimum absolute atomic E-state index is 0.0179. The maximum Gasteiger partial charge on any atom is 0.392 e. The number of alkyl halides is 3. The number of aliphatic hydroxyl groups is 1. The highest BCUT2D eigenvalue weighted by atomic mass is 19.4. The van der Waals surface area contributed by atoms with Gasteiger partial charge in [-0.15, -0.1) is 0 Å². The number of hydrogen-bond acceptors (Lipinski definition) is 2. The molecule has 21 heavy (non-hydrogen) atoms. The van der Waals surface area contributed by atoms with E-state index in [0.717, 1.165) is 25.7 Å². The van der Waals surface area contributed by atoms with E-state index in [1.165, 1.54) is 0 Å². The van der Waals surface area contributed by atoms with Gasteiger partial charge in [-0.25, -0.2) is 0 Å². The van der Waals surface area contributed by atoms with Crippen LogP contribution in [0, 0.1) is 17.8 Å². The van der Waals surface area contributed by atoms with Gasteiger partial charge in [-0.2, -0.15) is 13.2 Å². The van der Waals surface area contributed by atoms with Gasteiger partial charge in [-0.1, -0.05) is 25.7 Å². The topological polar surface area (TPSA) is 49.3 Å². The summed E-state index contributed by atoms with van der Waals surface area (Å²) in [6.07, 6.45) is 0.361. The second-order valence-electron chi connectivity index (χ2n) is 6.40.